The standard InChI is InChI=1S/C17H14N2OS2/c1-2-13-7-3-4-8-14(13)19-16(20)15(22-17(19)21)10-12-6-5-9-18-11-12/h3-11H,2H2,1H3/b15-10-. The number of pyridine rings is 1. The molecule has 110 valence electrons. The van der Waals surface area contributed by atoms with Crippen LogP contribution in [0.5, 0.6) is 0 Å². The number of carbonyl (C=O) groups is 1. The van der Waals surface area contributed by atoms with Crippen molar-refractivity contribution in [3.05, 3.63) is 64.8 Å². The zero-order valence-corrected chi connectivity index (χ0v) is 13.7. The van der Waals surface area contributed by atoms with Gasteiger partial charge in [0.1, 0.15) is 0 Å². The summed E-state index contributed by atoms with van der Waals surface area (Å²) in [5.41, 5.74) is 2.88. The second kappa shape index (κ2) is 6.42. The van der Waals surface area contributed by atoms with Gasteiger partial charge in [0, 0.05) is 12.4 Å². The molecule has 1 aromatic heterocycles. The molecular formula is C17H14N2OS2. The molecule has 0 unspecified atom stereocenters. The van der Waals surface area contributed by atoms with Crippen molar-refractivity contribution in [2.24, 2.45) is 0 Å². The number of rotatable bonds is 3. The zero-order chi connectivity index (χ0) is 15.5. The molecule has 1 aliphatic heterocycles. The van der Waals surface area contributed by atoms with E-state index in [0.29, 0.717) is 9.23 Å². The molecule has 0 bridgehead atoms. The Morgan fingerprint density at radius 2 is 2.09 bits per heavy atom. The van der Waals surface area contributed by atoms with Crippen molar-refractivity contribution in [1.29, 1.82) is 0 Å². The largest absolute Gasteiger partial charge is 0.270 e. The van der Waals surface area contributed by atoms with Crippen LogP contribution in [0.3, 0.4) is 0 Å². The highest BCUT2D eigenvalue weighted by Gasteiger charge is 2.34. The molecule has 1 aromatic carbocycles. The Kier molecular flexibility index (Phi) is 4.36. The van der Waals surface area contributed by atoms with E-state index in [0.717, 1.165) is 23.2 Å². The number of nitrogens with zero attached hydrogens (tertiary/aromatic N) is 2. The van der Waals surface area contributed by atoms with E-state index in [2.05, 4.69) is 11.9 Å². The number of carbonyl (C=O) groups excluding carboxylic acids is 1. The minimum Gasteiger partial charge on any atom is -0.268 e. The molecule has 1 saturated heterocycles. The van der Waals surface area contributed by atoms with Crippen molar-refractivity contribution in [3.8, 4) is 0 Å². The summed E-state index contributed by atoms with van der Waals surface area (Å²) in [4.78, 5) is 19.0. The Morgan fingerprint density at radius 3 is 2.82 bits per heavy atom. The van der Waals surface area contributed by atoms with Crippen molar-refractivity contribution < 1.29 is 4.79 Å². The second-order valence-corrected chi connectivity index (χ2v) is 6.46. The molecule has 0 spiro atoms. The van der Waals surface area contributed by atoms with Crippen molar-refractivity contribution in [2.75, 3.05) is 4.90 Å². The first-order valence-electron chi connectivity index (χ1n) is 6.96. The number of thiocarbonyl (C=S) groups is 1. The highest BCUT2D eigenvalue weighted by molar-refractivity contribution is 8.27. The third kappa shape index (κ3) is 2.82. The van der Waals surface area contributed by atoms with Gasteiger partial charge >= 0.3 is 0 Å². The number of hydrogen-bond acceptors (Lipinski definition) is 4. The predicted molar refractivity (Wildman–Crippen MR) is 95.7 cm³/mol. The Hall–Kier alpha value is -1.98. The SMILES string of the molecule is CCc1ccccc1N1C(=O)/C(=C/c2cccnc2)SC1=S. The molecule has 0 atom stereocenters. The van der Waals surface area contributed by atoms with Crippen LogP contribution in [0.25, 0.3) is 6.08 Å². The molecule has 3 rings (SSSR count). The summed E-state index contributed by atoms with van der Waals surface area (Å²) < 4.78 is 0.570. The minimum absolute atomic E-state index is 0.0697. The van der Waals surface area contributed by atoms with Crippen LogP contribution in [-0.2, 0) is 11.2 Å². The van der Waals surface area contributed by atoms with Crippen LogP contribution >= 0.6 is 24.0 Å². The zero-order valence-electron chi connectivity index (χ0n) is 12.0. The number of thioether (sulfide) groups is 1. The summed E-state index contributed by atoms with van der Waals surface area (Å²) in [6.07, 6.45) is 6.13. The molecule has 2 heterocycles. The van der Waals surface area contributed by atoms with E-state index in [1.54, 1.807) is 17.3 Å². The Morgan fingerprint density at radius 1 is 1.27 bits per heavy atom. The predicted octanol–water partition coefficient (Wildman–Crippen LogP) is 4.05. The van der Waals surface area contributed by atoms with E-state index in [4.69, 9.17) is 12.2 Å². The molecule has 5 heteroatoms. The molecule has 1 fully saturated rings. The number of aryl methyl sites for hydroxylation is 1. The summed E-state index contributed by atoms with van der Waals surface area (Å²) in [6.45, 7) is 2.07. The fraction of sp³-hybridized carbons (Fsp3) is 0.118. The van der Waals surface area contributed by atoms with Gasteiger partial charge < -0.3 is 0 Å². The highest BCUT2D eigenvalue weighted by atomic mass is 32.2. The van der Waals surface area contributed by atoms with Gasteiger partial charge in [0.2, 0.25) is 0 Å². The van der Waals surface area contributed by atoms with Crippen molar-refractivity contribution in [3.63, 3.8) is 0 Å². The fourth-order valence-electron chi connectivity index (χ4n) is 2.32. The lowest BCUT2D eigenvalue weighted by Crippen LogP contribution is -2.28. The van der Waals surface area contributed by atoms with Crippen LogP contribution in [0.1, 0.15) is 18.1 Å². The molecule has 1 aliphatic rings. The molecule has 2 aromatic rings. The van der Waals surface area contributed by atoms with Gasteiger partial charge in [-0.3, -0.25) is 14.7 Å². The van der Waals surface area contributed by atoms with Crippen molar-refractivity contribution in [1.82, 2.24) is 4.98 Å². The molecular weight excluding hydrogens is 312 g/mol. The maximum Gasteiger partial charge on any atom is 0.270 e. The van der Waals surface area contributed by atoms with E-state index in [1.807, 2.05) is 42.5 Å². The van der Waals surface area contributed by atoms with Gasteiger partial charge in [-0.25, -0.2) is 0 Å². The fourth-order valence-corrected chi connectivity index (χ4v) is 3.60. The molecule has 0 aliphatic carbocycles. The van der Waals surface area contributed by atoms with Gasteiger partial charge in [-0.2, -0.15) is 0 Å². The molecule has 22 heavy (non-hydrogen) atoms. The molecule has 0 N–H and O–H groups in total. The first kappa shape index (κ1) is 14.9. The Labute approximate surface area is 139 Å². The molecule has 0 radical (unpaired) electrons. The average Bonchev–Trinajstić information content (AvgIpc) is 2.82. The monoisotopic (exact) mass is 326 g/mol. The third-order valence-corrected chi connectivity index (χ3v) is 4.69. The maximum atomic E-state index is 12.7. The first-order valence-corrected chi connectivity index (χ1v) is 8.19. The van der Waals surface area contributed by atoms with Crippen LogP contribution < -0.4 is 4.90 Å². The van der Waals surface area contributed by atoms with Gasteiger partial charge in [0.05, 0.1) is 10.6 Å². The number of para-hydroxylation sites is 1. The lowest BCUT2D eigenvalue weighted by Gasteiger charge is -2.17. The number of amides is 1. The third-order valence-electron chi connectivity index (χ3n) is 3.39. The van der Waals surface area contributed by atoms with E-state index in [1.165, 1.54) is 11.8 Å². The summed E-state index contributed by atoms with van der Waals surface area (Å²) in [5, 5.41) is 0. The number of hydrogen-bond donors (Lipinski definition) is 0. The average molecular weight is 326 g/mol. The van der Waals surface area contributed by atoms with Gasteiger partial charge in [-0.1, -0.05) is 55.2 Å². The number of benzene rings is 1. The molecule has 0 saturated carbocycles. The first-order chi connectivity index (χ1) is 10.7. The number of anilines is 1. The van der Waals surface area contributed by atoms with Crippen LogP contribution in [0.2, 0.25) is 0 Å². The lowest BCUT2D eigenvalue weighted by molar-refractivity contribution is -0.113. The summed E-state index contributed by atoms with van der Waals surface area (Å²) in [5.74, 6) is -0.0697. The minimum atomic E-state index is -0.0697. The van der Waals surface area contributed by atoms with Crippen molar-refractivity contribution >= 4 is 46.0 Å². The molecule has 1 amide bonds. The second-order valence-electron chi connectivity index (χ2n) is 4.79. The van der Waals surface area contributed by atoms with Crippen LogP contribution in [0.15, 0.2) is 53.7 Å². The van der Waals surface area contributed by atoms with Crippen LogP contribution in [0, 0.1) is 0 Å². The summed E-state index contributed by atoms with van der Waals surface area (Å²) in [6, 6.07) is 11.6. The van der Waals surface area contributed by atoms with Gasteiger partial charge in [0.15, 0.2) is 4.32 Å². The smallest absolute Gasteiger partial charge is 0.268 e. The van der Waals surface area contributed by atoms with E-state index in [-0.39, 0.29) is 5.91 Å². The number of aromatic nitrogens is 1. The summed E-state index contributed by atoms with van der Waals surface area (Å²) in [7, 11) is 0. The summed E-state index contributed by atoms with van der Waals surface area (Å²) >= 11 is 6.74. The Balaban J connectivity index is 1.97. The van der Waals surface area contributed by atoms with Crippen LogP contribution in [-0.4, -0.2) is 15.2 Å². The van der Waals surface area contributed by atoms with E-state index < -0.39 is 0 Å². The quantitative estimate of drug-likeness (QED) is 0.629. The Bertz CT molecular complexity index is 756. The van der Waals surface area contributed by atoms with Gasteiger partial charge in [-0.15, -0.1) is 0 Å². The van der Waals surface area contributed by atoms with Gasteiger partial charge in [-0.05, 0) is 35.8 Å². The van der Waals surface area contributed by atoms with Crippen LogP contribution in [0.4, 0.5) is 5.69 Å². The highest BCUT2D eigenvalue weighted by Crippen LogP contribution is 2.37. The topological polar surface area (TPSA) is 33.2 Å². The van der Waals surface area contributed by atoms with E-state index in [9.17, 15) is 4.79 Å². The normalized spacial score (nSPS) is 16.6. The lowest BCUT2D eigenvalue weighted by atomic mass is 10.1. The van der Waals surface area contributed by atoms with E-state index >= 15 is 0 Å². The van der Waals surface area contributed by atoms with Crippen molar-refractivity contribution in [2.45, 2.75) is 13.3 Å². The maximum absolute atomic E-state index is 12.7. The molecule has 3 nitrogen and oxygen atoms in total. The van der Waals surface area contributed by atoms with Gasteiger partial charge in [0.25, 0.3) is 5.91 Å².